The van der Waals surface area contributed by atoms with Crippen LogP contribution in [-0.4, -0.2) is 45.2 Å². The Morgan fingerprint density at radius 3 is 2.78 bits per heavy atom. The van der Waals surface area contributed by atoms with Gasteiger partial charge in [0.05, 0.1) is 4.90 Å². The minimum atomic E-state index is -3.36. The van der Waals surface area contributed by atoms with Crippen LogP contribution in [0.25, 0.3) is 0 Å². The largest absolute Gasteiger partial charge is 0.315 e. The van der Waals surface area contributed by atoms with E-state index in [2.05, 4.69) is 5.32 Å². The van der Waals surface area contributed by atoms with Gasteiger partial charge in [-0.25, -0.2) is 8.42 Å². The van der Waals surface area contributed by atoms with Gasteiger partial charge in [0.25, 0.3) is 0 Å². The first-order chi connectivity index (χ1) is 8.66. The van der Waals surface area contributed by atoms with E-state index in [4.69, 9.17) is 0 Å². The number of hydrogen-bond acceptors (Lipinski definition) is 4. The van der Waals surface area contributed by atoms with Crippen LogP contribution in [0.4, 0.5) is 0 Å². The normalized spacial score (nSPS) is 18.5. The summed E-state index contributed by atoms with van der Waals surface area (Å²) in [5.41, 5.74) is 0. The fraction of sp³-hybridized carbons (Fsp3) is 0.500. The smallest absolute Gasteiger partial charge is 0.244 e. The second-order valence-electron chi connectivity index (χ2n) is 4.16. The van der Waals surface area contributed by atoms with Crippen molar-refractivity contribution in [3.63, 3.8) is 0 Å². The summed E-state index contributed by atoms with van der Waals surface area (Å²) in [5, 5.41) is 3.22. The molecule has 0 radical (unpaired) electrons. The Labute approximate surface area is 113 Å². The Bertz CT molecular complexity index is 495. The third-order valence-electron chi connectivity index (χ3n) is 2.99. The molecule has 0 aromatic heterocycles. The zero-order valence-electron chi connectivity index (χ0n) is 10.4. The Hall–Kier alpha value is -0.560. The number of benzene rings is 1. The summed E-state index contributed by atoms with van der Waals surface area (Å²) in [4.78, 5) is 1.24. The van der Waals surface area contributed by atoms with Crippen LogP contribution in [0.5, 0.6) is 0 Å². The standard InChI is InChI=1S/C12H18N2O2S2/c1-17-11-5-2-3-6-12(11)18(15,16)14-9-4-7-13-8-10-14/h2-3,5-6,13H,4,7-10H2,1H3. The molecule has 1 N–H and O–H groups in total. The summed E-state index contributed by atoms with van der Waals surface area (Å²) < 4.78 is 26.8. The minimum absolute atomic E-state index is 0.430. The molecule has 1 aromatic carbocycles. The summed E-state index contributed by atoms with van der Waals surface area (Å²) in [6, 6.07) is 7.20. The molecule has 0 saturated carbocycles. The van der Waals surface area contributed by atoms with Crippen LogP contribution in [0.3, 0.4) is 0 Å². The summed E-state index contributed by atoms with van der Waals surface area (Å²) >= 11 is 1.47. The zero-order valence-corrected chi connectivity index (χ0v) is 12.1. The number of hydrogen-bond donors (Lipinski definition) is 1. The van der Waals surface area contributed by atoms with Gasteiger partial charge in [0.1, 0.15) is 0 Å². The molecule has 0 bridgehead atoms. The van der Waals surface area contributed by atoms with Gasteiger partial charge in [-0.15, -0.1) is 11.8 Å². The van der Waals surface area contributed by atoms with Gasteiger partial charge >= 0.3 is 0 Å². The van der Waals surface area contributed by atoms with Crippen LogP contribution in [0.15, 0.2) is 34.1 Å². The molecule has 1 aromatic rings. The van der Waals surface area contributed by atoms with Crippen molar-refractivity contribution in [3.05, 3.63) is 24.3 Å². The molecule has 0 amide bonds. The van der Waals surface area contributed by atoms with Crippen molar-refractivity contribution in [1.82, 2.24) is 9.62 Å². The van der Waals surface area contributed by atoms with Gasteiger partial charge in [0.2, 0.25) is 10.0 Å². The molecule has 4 nitrogen and oxygen atoms in total. The average Bonchev–Trinajstić information content (AvgIpc) is 2.68. The van der Waals surface area contributed by atoms with Gasteiger partial charge in [-0.3, -0.25) is 0 Å². The monoisotopic (exact) mass is 286 g/mol. The van der Waals surface area contributed by atoms with E-state index in [1.807, 2.05) is 18.4 Å². The Morgan fingerprint density at radius 2 is 2.00 bits per heavy atom. The Morgan fingerprint density at radius 1 is 1.22 bits per heavy atom. The second kappa shape index (κ2) is 6.06. The molecule has 0 spiro atoms. The molecule has 1 fully saturated rings. The van der Waals surface area contributed by atoms with Crippen LogP contribution < -0.4 is 5.32 Å². The molecule has 1 saturated heterocycles. The molecule has 6 heteroatoms. The summed E-state index contributed by atoms with van der Waals surface area (Å²) in [6.07, 6.45) is 2.76. The van der Waals surface area contributed by atoms with E-state index >= 15 is 0 Å². The molecule has 1 aliphatic rings. The van der Waals surface area contributed by atoms with E-state index in [1.165, 1.54) is 11.8 Å². The fourth-order valence-electron chi connectivity index (χ4n) is 2.03. The van der Waals surface area contributed by atoms with E-state index < -0.39 is 10.0 Å². The maximum absolute atomic E-state index is 12.6. The first-order valence-corrected chi connectivity index (χ1v) is 8.66. The zero-order chi connectivity index (χ0) is 13.0. The lowest BCUT2D eigenvalue weighted by Crippen LogP contribution is -2.34. The molecule has 1 heterocycles. The fourth-order valence-corrected chi connectivity index (χ4v) is 4.63. The van der Waals surface area contributed by atoms with Gasteiger partial charge < -0.3 is 5.32 Å². The predicted octanol–water partition coefficient (Wildman–Crippen LogP) is 1.39. The Kier molecular flexibility index (Phi) is 4.66. The molecule has 1 aliphatic heterocycles. The average molecular weight is 286 g/mol. The van der Waals surface area contributed by atoms with E-state index in [-0.39, 0.29) is 0 Å². The quantitative estimate of drug-likeness (QED) is 0.853. The van der Waals surface area contributed by atoms with Crippen LogP contribution in [0.1, 0.15) is 6.42 Å². The van der Waals surface area contributed by atoms with Gasteiger partial charge in [0.15, 0.2) is 0 Å². The van der Waals surface area contributed by atoms with Gasteiger partial charge in [-0.2, -0.15) is 4.31 Å². The van der Waals surface area contributed by atoms with Crippen molar-refractivity contribution in [2.24, 2.45) is 0 Å². The van der Waals surface area contributed by atoms with Crippen LogP contribution in [-0.2, 0) is 10.0 Å². The van der Waals surface area contributed by atoms with Crippen molar-refractivity contribution in [3.8, 4) is 0 Å². The number of nitrogens with one attached hydrogen (secondary N) is 1. The molecular weight excluding hydrogens is 268 g/mol. The Balaban J connectivity index is 2.34. The van der Waals surface area contributed by atoms with E-state index in [9.17, 15) is 8.42 Å². The SMILES string of the molecule is CSc1ccccc1S(=O)(=O)N1CCCNCC1. The highest BCUT2D eigenvalue weighted by molar-refractivity contribution is 7.99. The van der Waals surface area contributed by atoms with Crippen LogP contribution >= 0.6 is 11.8 Å². The van der Waals surface area contributed by atoms with Crippen LogP contribution in [0.2, 0.25) is 0 Å². The van der Waals surface area contributed by atoms with Gasteiger partial charge in [-0.05, 0) is 31.4 Å². The summed E-state index contributed by atoms with van der Waals surface area (Å²) in [5.74, 6) is 0. The molecule has 2 rings (SSSR count). The minimum Gasteiger partial charge on any atom is -0.315 e. The number of nitrogens with zero attached hydrogens (tertiary/aromatic N) is 1. The first kappa shape index (κ1) is 13.9. The number of thioether (sulfide) groups is 1. The lowest BCUT2D eigenvalue weighted by molar-refractivity contribution is 0.430. The van der Waals surface area contributed by atoms with Crippen molar-refractivity contribution in [2.45, 2.75) is 16.2 Å². The summed E-state index contributed by atoms with van der Waals surface area (Å²) in [7, 11) is -3.36. The van der Waals surface area contributed by atoms with Gasteiger partial charge in [0, 0.05) is 24.5 Å². The first-order valence-electron chi connectivity index (χ1n) is 6.00. The molecule has 18 heavy (non-hydrogen) atoms. The highest BCUT2D eigenvalue weighted by atomic mass is 32.2. The highest BCUT2D eigenvalue weighted by Crippen LogP contribution is 2.27. The molecule has 100 valence electrons. The van der Waals surface area contributed by atoms with E-state index in [0.717, 1.165) is 24.4 Å². The van der Waals surface area contributed by atoms with E-state index in [0.29, 0.717) is 18.0 Å². The third-order valence-corrected chi connectivity index (χ3v) is 5.87. The van der Waals surface area contributed by atoms with Crippen molar-refractivity contribution in [2.75, 3.05) is 32.4 Å². The lowest BCUT2D eigenvalue weighted by Gasteiger charge is -2.20. The molecule has 0 aliphatic carbocycles. The molecular formula is C12H18N2O2S2. The van der Waals surface area contributed by atoms with Crippen molar-refractivity contribution < 1.29 is 8.42 Å². The molecule has 0 unspecified atom stereocenters. The number of rotatable bonds is 3. The van der Waals surface area contributed by atoms with Crippen molar-refractivity contribution in [1.29, 1.82) is 0 Å². The van der Waals surface area contributed by atoms with E-state index in [1.54, 1.807) is 16.4 Å². The summed E-state index contributed by atoms with van der Waals surface area (Å²) in [6.45, 7) is 2.75. The maximum atomic E-state index is 12.6. The number of sulfonamides is 1. The predicted molar refractivity (Wildman–Crippen MR) is 74.5 cm³/mol. The van der Waals surface area contributed by atoms with Crippen LogP contribution in [0, 0.1) is 0 Å². The second-order valence-corrected chi connectivity index (χ2v) is 6.91. The third kappa shape index (κ3) is 2.88. The maximum Gasteiger partial charge on any atom is 0.244 e. The van der Waals surface area contributed by atoms with Gasteiger partial charge in [-0.1, -0.05) is 12.1 Å². The highest BCUT2D eigenvalue weighted by Gasteiger charge is 2.26. The lowest BCUT2D eigenvalue weighted by atomic mass is 10.4. The van der Waals surface area contributed by atoms with Crippen molar-refractivity contribution >= 4 is 21.8 Å². The molecule has 0 atom stereocenters. The topological polar surface area (TPSA) is 49.4 Å².